The molecule has 26 heavy (non-hydrogen) atoms. The van der Waals surface area contributed by atoms with Crippen molar-refractivity contribution in [3.63, 3.8) is 0 Å². The summed E-state index contributed by atoms with van der Waals surface area (Å²) in [6.45, 7) is 5.91. The van der Waals surface area contributed by atoms with E-state index < -0.39 is 28.7 Å². The molecule has 1 heterocycles. The lowest BCUT2D eigenvalue weighted by molar-refractivity contribution is -0.193. The second kappa shape index (κ2) is 6.15. The Labute approximate surface area is 151 Å². The van der Waals surface area contributed by atoms with E-state index in [2.05, 4.69) is 5.32 Å². The van der Waals surface area contributed by atoms with Crippen LogP contribution in [0, 0.1) is 10.8 Å². The normalized spacial score (nSPS) is 28.5. The van der Waals surface area contributed by atoms with E-state index in [9.17, 15) is 18.0 Å². The van der Waals surface area contributed by atoms with Crippen LogP contribution in [0.1, 0.15) is 32.8 Å². The van der Waals surface area contributed by atoms with Crippen LogP contribution in [-0.2, 0) is 11.3 Å². The molecule has 144 valence electrons. The van der Waals surface area contributed by atoms with Gasteiger partial charge in [-0.05, 0) is 32.8 Å². The quantitative estimate of drug-likeness (QED) is 0.872. The molecule has 0 bridgehead atoms. The second-order valence-corrected chi connectivity index (χ2v) is 8.52. The molecule has 2 unspecified atom stereocenters. The van der Waals surface area contributed by atoms with Crippen molar-refractivity contribution in [2.24, 2.45) is 10.8 Å². The van der Waals surface area contributed by atoms with Crippen LogP contribution in [0.3, 0.4) is 0 Å². The summed E-state index contributed by atoms with van der Waals surface area (Å²) in [5, 5.41) is 2.56. The number of nitrogens with zero attached hydrogens (tertiary/aromatic N) is 1. The SMILES string of the molecule is CC(C)(C)OC(=O)NCC12CN(Cc3ccccc3)CC1(C(F)(F)F)C2. The minimum atomic E-state index is -4.28. The highest BCUT2D eigenvalue weighted by Crippen LogP contribution is 2.74. The van der Waals surface area contributed by atoms with Gasteiger partial charge in [-0.1, -0.05) is 30.3 Å². The molecule has 1 saturated heterocycles. The third kappa shape index (κ3) is 3.54. The number of rotatable bonds is 4. The molecule has 1 aliphatic heterocycles. The zero-order valence-electron chi connectivity index (χ0n) is 15.3. The Hall–Kier alpha value is -1.76. The third-order valence-corrected chi connectivity index (χ3v) is 5.31. The van der Waals surface area contributed by atoms with Gasteiger partial charge < -0.3 is 10.1 Å². The van der Waals surface area contributed by atoms with Gasteiger partial charge in [-0.3, -0.25) is 4.90 Å². The summed E-state index contributed by atoms with van der Waals surface area (Å²) in [5.41, 5.74) is -2.39. The Bertz CT molecular complexity index is 672. The smallest absolute Gasteiger partial charge is 0.407 e. The van der Waals surface area contributed by atoms with Gasteiger partial charge in [0.05, 0.1) is 5.41 Å². The Morgan fingerprint density at radius 3 is 2.42 bits per heavy atom. The molecular formula is C19H25F3N2O2. The van der Waals surface area contributed by atoms with Crippen molar-refractivity contribution in [2.75, 3.05) is 19.6 Å². The highest BCUT2D eigenvalue weighted by molar-refractivity contribution is 5.67. The summed E-state index contributed by atoms with van der Waals surface area (Å²) in [6, 6.07) is 9.47. The molecule has 1 N–H and O–H groups in total. The van der Waals surface area contributed by atoms with Gasteiger partial charge in [-0.2, -0.15) is 13.2 Å². The Morgan fingerprint density at radius 2 is 1.85 bits per heavy atom. The van der Waals surface area contributed by atoms with Crippen molar-refractivity contribution in [3.05, 3.63) is 35.9 Å². The van der Waals surface area contributed by atoms with E-state index in [1.807, 2.05) is 35.2 Å². The van der Waals surface area contributed by atoms with E-state index in [1.54, 1.807) is 20.8 Å². The molecule has 0 aromatic heterocycles. The van der Waals surface area contributed by atoms with Gasteiger partial charge >= 0.3 is 12.3 Å². The fourth-order valence-electron chi connectivity index (χ4n) is 4.12. The zero-order chi connectivity index (χ0) is 19.2. The van der Waals surface area contributed by atoms with Crippen molar-refractivity contribution >= 4 is 6.09 Å². The molecule has 0 radical (unpaired) electrons. The Morgan fingerprint density at radius 1 is 1.19 bits per heavy atom. The van der Waals surface area contributed by atoms with Crippen molar-refractivity contribution in [3.8, 4) is 0 Å². The van der Waals surface area contributed by atoms with Crippen LogP contribution >= 0.6 is 0 Å². The minimum absolute atomic E-state index is 0.0211. The van der Waals surface area contributed by atoms with Crippen LogP contribution in [0.15, 0.2) is 30.3 Å². The number of hydrogen-bond acceptors (Lipinski definition) is 3. The average molecular weight is 370 g/mol. The first-order chi connectivity index (χ1) is 12.0. The standard InChI is InChI=1S/C19H25F3N2O2/c1-16(2,3)26-15(25)23-11-17-10-18(17,19(20,21)22)13-24(12-17)9-14-7-5-4-6-8-14/h4-8H,9-13H2,1-3H3,(H,23,25). The summed E-state index contributed by atoms with van der Waals surface area (Å²) in [4.78, 5) is 13.7. The molecule has 2 fully saturated rings. The first-order valence-electron chi connectivity index (χ1n) is 8.76. The number of amides is 1. The lowest BCUT2D eigenvalue weighted by Crippen LogP contribution is -2.39. The van der Waals surface area contributed by atoms with Crippen molar-refractivity contribution in [2.45, 2.75) is 45.5 Å². The number of carbonyl (C=O) groups excluding carboxylic acids is 1. The maximum Gasteiger partial charge on any atom is 0.407 e. The molecule has 7 heteroatoms. The summed E-state index contributed by atoms with van der Waals surface area (Å²) < 4.78 is 46.5. The monoisotopic (exact) mass is 370 g/mol. The molecule has 1 saturated carbocycles. The highest BCUT2D eigenvalue weighted by Gasteiger charge is 2.82. The van der Waals surface area contributed by atoms with Gasteiger partial charge in [0.2, 0.25) is 0 Å². The van der Waals surface area contributed by atoms with Crippen LogP contribution in [0.25, 0.3) is 0 Å². The molecule has 2 aliphatic rings. The maximum absolute atomic E-state index is 13.8. The predicted octanol–water partition coefficient (Wildman–Crippen LogP) is 3.97. The van der Waals surface area contributed by atoms with E-state index in [0.717, 1.165) is 5.56 Å². The summed E-state index contributed by atoms with van der Waals surface area (Å²) in [5.74, 6) is 0. The number of nitrogens with one attached hydrogen (secondary N) is 1. The lowest BCUT2D eigenvalue weighted by Gasteiger charge is -2.23. The van der Waals surface area contributed by atoms with Crippen LogP contribution < -0.4 is 5.32 Å². The first-order valence-corrected chi connectivity index (χ1v) is 8.76. The molecule has 0 spiro atoms. The molecule has 1 aliphatic carbocycles. The van der Waals surface area contributed by atoms with E-state index in [-0.39, 0.29) is 19.5 Å². The van der Waals surface area contributed by atoms with Gasteiger partial charge in [0, 0.05) is 31.6 Å². The van der Waals surface area contributed by atoms with Gasteiger partial charge in [0.25, 0.3) is 0 Å². The number of alkyl carbamates (subject to hydrolysis) is 1. The number of alkyl halides is 3. The fourth-order valence-corrected chi connectivity index (χ4v) is 4.12. The molecule has 3 rings (SSSR count). The van der Waals surface area contributed by atoms with Crippen molar-refractivity contribution < 1.29 is 22.7 Å². The zero-order valence-corrected chi connectivity index (χ0v) is 15.3. The van der Waals surface area contributed by atoms with Crippen LogP contribution in [-0.4, -0.2) is 42.4 Å². The number of halogens is 3. The summed E-state index contributed by atoms with van der Waals surface area (Å²) in [7, 11) is 0. The first kappa shape index (κ1) is 19.0. The fraction of sp³-hybridized carbons (Fsp3) is 0.632. The Balaban J connectivity index is 1.68. The molecule has 1 amide bonds. The van der Waals surface area contributed by atoms with Crippen molar-refractivity contribution in [1.29, 1.82) is 0 Å². The third-order valence-electron chi connectivity index (χ3n) is 5.31. The van der Waals surface area contributed by atoms with Gasteiger partial charge in [-0.25, -0.2) is 4.79 Å². The average Bonchev–Trinajstić information content (AvgIpc) is 3.03. The topological polar surface area (TPSA) is 41.6 Å². The number of benzene rings is 1. The van der Waals surface area contributed by atoms with Gasteiger partial charge in [-0.15, -0.1) is 0 Å². The van der Waals surface area contributed by atoms with Crippen LogP contribution in [0.4, 0.5) is 18.0 Å². The van der Waals surface area contributed by atoms with Crippen molar-refractivity contribution in [1.82, 2.24) is 10.2 Å². The number of fused-ring (bicyclic) bond motifs is 1. The molecule has 4 nitrogen and oxygen atoms in total. The molecular weight excluding hydrogens is 345 g/mol. The largest absolute Gasteiger partial charge is 0.444 e. The number of hydrogen-bond donors (Lipinski definition) is 1. The number of likely N-dealkylation sites (tertiary alicyclic amines) is 1. The predicted molar refractivity (Wildman–Crippen MR) is 91.5 cm³/mol. The van der Waals surface area contributed by atoms with Crippen LogP contribution in [0.5, 0.6) is 0 Å². The number of carbonyl (C=O) groups is 1. The van der Waals surface area contributed by atoms with E-state index >= 15 is 0 Å². The van der Waals surface area contributed by atoms with E-state index in [4.69, 9.17) is 4.74 Å². The van der Waals surface area contributed by atoms with Crippen LogP contribution in [0.2, 0.25) is 0 Å². The summed E-state index contributed by atoms with van der Waals surface area (Å²) >= 11 is 0. The van der Waals surface area contributed by atoms with E-state index in [0.29, 0.717) is 13.1 Å². The summed E-state index contributed by atoms with van der Waals surface area (Å²) in [6.07, 6.45) is -4.89. The van der Waals surface area contributed by atoms with Gasteiger partial charge in [0.1, 0.15) is 5.60 Å². The second-order valence-electron chi connectivity index (χ2n) is 8.52. The van der Waals surface area contributed by atoms with Gasteiger partial charge in [0.15, 0.2) is 0 Å². The number of ether oxygens (including phenoxy) is 1. The van der Waals surface area contributed by atoms with E-state index in [1.165, 1.54) is 0 Å². The minimum Gasteiger partial charge on any atom is -0.444 e. The number of piperidine rings is 1. The Kier molecular flexibility index (Phi) is 4.50. The maximum atomic E-state index is 13.8. The molecule has 1 aromatic carbocycles. The molecule has 1 aromatic rings. The highest BCUT2D eigenvalue weighted by atomic mass is 19.4. The molecule has 2 atom stereocenters. The lowest BCUT2D eigenvalue weighted by atomic mass is 9.95.